The first-order valence-electron chi connectivity index (χ1n) is 5.71. The summed E-state index contributed by atoms with van der Waals surface area (Å²) in [5.74, 6) is -2.51. The quantitative estimate of drug-likeness (QED) is 0.646. The summed E-state index contributed by atoms with van der Waals surface area (Å²) >= 11 is 11.9. The molecule has 0 aliphatic heterocycles. The van der Waals surface area contributed by atoms with Crippen LogP contribution in [0.5, 0.6) is 0 Å². The fourth-order valence-electron chi connectivity index (χ4n) is 1.74. The highest BCUT2D eigenvalue weighted by Crippen LogP contribution is 2.31. The summed E-state index contributed by atoms with van der Waals surface area (Å²) in [5, 5.41) is 14.0. The van der Waals surface area contributed by atoms with Gasteiger partial charge in [0.2, 0.25) is 0 Å². The van der Waals surface area contributed by atoms with E-state index in [0.29, 0.717) is 21.7 Å². The highest BCUT2D eigenvalue weighted by molar-refractivity contribution is 6.36. The summed E-state index contributed by atoms with van der Waals surface area (Å²) in [6.45, 7) is -0.0836. The summed E-state index contributed by atoms with van der Waals surface area (Å²) in [4.78, 5) is 10.0. The molecule has 1 N–H and O–H groups in total. The van der Waals surface area contributed by atoms with Crippen molar-refractivity contribution in [3.63, 3.8) is 0 Å². The molecule has 2 rings (SSSR count). The van der Waals surface area contributed by atoms with E-state index < -0.39 is 27.9 Å². The van der Waals surface area contributed by atoms with Crippen LogP contribution in [0.25, 0.3) is 0 Å². The molecular weight excluding hydrogens is 325 g/mol. The van der Waals surface area contributed by atoms with E-state index in [9.17, 15) is 18.9 Å². The molecule has 8 heteroatoms. The minimum absolute atomic E-state index is 0.0836. The monoisotopic (exact) mass is 332 g/mol. The van der Waals surface area contributed by atoms with E-state index in [0.717, 1.165) is 6.07 Å². The third kappa shape index (κ3) is 3.22. The van der Waals surface area contributed by atoms with Gasteiger partial charge >= 0.3 is 0 Å². The normalized spacial score (nSPS) is 10.5. The zero-order valence-electron chi connectivity index (χ0n) is 10.4. The number of hydrogen-bond donors (Lipinski definition) is 1. The lowest BCUT2D eigenvalue weighted by Crippen LogP contribution is -2.07. The molecule has 0 atom stereocenters. The van der Waals surface area contributed by atoms with Crippen molar-refractivity contribution in [2.24, 2.45) is 0 Å². The Kier molecular flexibility index (Phi) is 4.59. The second-order valence-corrected chi connectivity index (χ2v) is 4.88. The molecule has 0 fully saturated rings. The Labute approximate surface area is 128 Å². The molecule has 0 unspecified atom stereocenters. The van der Waals surface area contributed by atoms with Crippen LogP contribution in [0.15, 0.2) is 30.3 Å². The second kappa shape index (κ2) is 6.24. The van der Waals surface area contributed by atoms with Gasteiger partial charge in [-0.25, -0.2) is 8.78 Å². The number of halogens is 4. The summed E-state index contributed by atoms with van der Waals surface area (Å²) in [6.07, 6.45) is 0. The molecule has 2 aromatic carbocycles. The maximum atomic E-state index is 13.7. The first kappa shape index (κ1) is 15.5. The van der Waals surface area contributed by atoms with Gasteiger partial charge in [0, 0.05) is 28.2 Å². The SMILES string of the molecule is O=[N+]([O-])c1ccc(F)c(F)c1NCc1c(Cl)cccc1Cl. The molecule has 0 aliphatic carbocycles. The van der Waals surface area contributed by atoms with Gasteiger partial charge in [-0.2, -0.15) is 0 Å². The first-order chi connectivity index (χ1) is 9.91. The summed E-state index contributed by atoms with van der Waals surface area (Å²) < 4.78 is 26.9. The van der Waals surface area contributed by atoms with Crippen molar-refractivity contribution in [2.75, 3.05) is 5.32 Å². The number of nitro benzene ring substituents is 1. The van der Waals surface area contributed by atoms with Crippen molar-refractivity contribution in [1.29, 1.82) is 0 Å². The van der Waals surface area contributed by atoms with Gasteiger partial charge in [0.05, 0.1) is 4.92 Å². The standard InChI is InChI=1S/C13H8Cl2F2N2O2/c14-8-2-1-3-9(15)7(8)6-18-13-11(19(20)21)5-4-10(16)12(13)17/h1-5,18H,6H2. The van der Waals surface area contributed by atoms with Crippen molar-refractivity contribution in [3.05, 3.63) is 67.7 Å². The van der Waals surface area contributed by atoms with Crippen LogP contribution in [-0.2, 0) is 6.54 Å². The fraction of sp³-hybridized carbons (Fsp3) is 0.0769. The van der Waals surface area contributed by atoms with Crippen molar-refractivity contribution in [1.82, 2.24) is 0 Å². The highest BCUT2D eigenvalue weighted by Gasteiger charge is 2.21. The Morgan fingerprint density at radius 2 is 1.76 bits per heavy atom. The lowest BCUT2D eigenvalue weighted by atomic mass is 10.2. The summed E-state index contributed by atoms with van der Waals surface area (Å²) in [7, 11) is 0. The van der Waals surface area contributed by atoms with Crippen LogP contribution >= 0.6 is 23.2 Å². The largest absolute Gasteiger partial charge is 0.373 e. The molecule has 0 bridgehead atoms. The van der Waals surface area contributed by atoms with Crippen LogP contribution in [0.3, 0.4) is 0 Å². The lowest BCUT2D eigenvalue weighted by molar-refractivity contribution is -0.384. The molecule has 0 radical (unpaired) electrons. The van der Waals surface area contributed by atoms with Crippen molar-refractivity contribution >= 4 is 34.6 Å². The molecule has 110 valence electrons. The zero-order chi connectivity index (χ0) is 15.6. The Balaban J connectivity index is 2.36. The van der Waals surface area contributed by atoms with Crippen LogP contribution in [-0.4, -0.2) is 4.92 Å². The number of rotatable bonds is 4. The van der Waals surface area contributed by atoms with Gasteiger partial charge in [0.15, 0.2) is 17.3 Å². The molecule has 0 aromatic heterocycles. The van der Waals surface area contributed by atoms with Gasteiger partial charge in [-0.15, -0.1) is 0 Å². The van der Waals surface area contributed by atoms with Crippen LogP contribution < -0.4 is 5.32 Å². The van der Waals surface area contributed by atoms with Gasteiger partial charge < -0.3 is 5.32 Å². The predicted octanol–water partition coefficient (Wildman–Crippen LogP) is 4.79. The van der Waals surface area contributed by atoms with Crippen LogP contribution in [0.2, 0.25) is 10.0 Å². The summed E-state index contributed by atoms with van der Waals surface area (Å²) in [6, 6.07) is 6.34. The van der Waals surface area contributed by atoms with Crippen molar-refractivity contribution in [2.45, 2.75) is 6.54 Å². The predicted molar refractivity (Wildman–Crippen MR) is 76.8 cm³/mol. The molecule has 21 heavy (non-hydrogen) atoms. The number of nitrogens with one attached hydrogen (secondary N) is 1. The van der Waals surface area contributed by atoms with Gasteiger partial charge in [-0.3, -0.25) is 10.1 Å². The maximum absolute atomic E-state index is 13.7. The minimum atomic E-state index is -1.33. The van der Waals surface area contributed by atoms with Crippen LogP contribution in [0.4, 0.5) is 20.2 Å². The van der Waals surface area contributed by atoms with Crippen molar-refractivity contribution < 1.29 is 13.7 Å². The molecule has 0 spiro atoms. The topological polar surface area (TPSA) is 55.2 Å². The number of nitrogens with zero attached hydrogens (tertiary/aromatic N) is 1. The Morgan fingerprint density at radius 1 is 1.14 bits per heavy atom. The maximum Gasteiger partial charge on any atom is 0.295 e. The smallest absolute Gasteiger partial charge is 0.295 e. The minimum Gasteiger partial charge on any atom is -0.373 e. The highest BCUT2D eigenvalue weighted by atomic mass is 35.5. The van der Waals surface area contributed by atoms with Crippen LogP contribution in [0, 0.1) is 21.7 Å². The molecule has 0 saturated carbocycles. The molecular formula is C13H8Cl2F2N2O2. The third-order valence-corrected chi connectivity index (χ3v) is 3.48. The van der Waals surface area contributed by atoms with E-state index in [-0.39, 0.29) is 6.54 Å². The molecule has 2 aromatic rings. The van der Waals surface area contributed by atoms with E-state index in [1.165, 1.54) is 0 Å². The Bertz CT molecular complexity index is 691. The second-order valence-electron chi connectivity index (χ2n) is 4.07. The van der Waals surface area contributed by atoms with Gasteiger partial charge in [-0.05, 0) is 18.2 Å². The Hall–Kier alpha value is -1.92. The number of hydrogen-bond acceptors (Lipinski definition) is 3. The van der Waals surface area contributed by atoms with E-state index >= 15 is 0 Å². The van der Waals surface area contributed by atoms with Crippen LogP contribution in [0.1, 0.15) is 5.56 Å². The average Bonchev–Trinajstić information content (AvgIpc) is 2.42. The van der Waals surface area contributed by atoms with Gasteiger partial charge in [-0.1, -0.05) is 29.3 Å². The number of benzene rings is 2. The van der Waals surface area contributed by atoms with E-state index in [1.54, 1.807) is 18.2 Å². The molecule has 0 heterocycles. The zero-order valence-corrected chi connectivity index (χ0v) is 11.9. The molecule has 0 amide bonds. The van der Waals surface area contributed by atoms with Gasteiger partial charge in [0.1, 0.15) is 0 Å². The molecule has 0 saturated heterocycles. The molecule has 4 nitrogen and oxygen atoms in total. The average molecular weight is 333 g/mol. The van der Waals surface area contributed by atoms with E-state index in [2.05, 4.69) is 5.32 Å². The molecule has 0 aliphatic rings. The number of anilines is 1. The van der Waals surface area contributed by atoms with E-state index in [4.69, 9.17) is 23.2 Å². The first-order valence-corrected chi connectivity index (χ1v) is 6.46. The van der Waals surface area contributed by atoms with Gasteiger partial charge in [0.25, 0.3) is 5.69 Å². The fourth-order valence-corrected chi connectivity index (χ4v) is 2.27. The van der Waals surface area contributed by atoms with E-state index in [1.807, 2.05) is 0 Å². The summed E-state index contributed by atoms with van der Waals surface area (Å²) in [5.41, 5.74) is -0.688. The Morgan fingerprint density at radius 3 is 2.33 bits per heavy atom. The third-order valence-electron chi connectivity index (χ3n) is 2.77. The van der Waals surface area contributed by atoms with Crippen molar-refractivity contribution in [3.8, 4) is 0 Å². The lowest BCUT2D eigenvalue weighted by Gasteiger charge is -2.11. The number of nitro groups is 1.